The van der Waals surface area contributed by atoms with Crippen LogP contribution in [0.4, 0.5) is 0 Å². The van der Waals surface area contributed by atoms with Crippen LogP contribution in [0.5, 0.6) is 0 Å². The Morgan fingerprint density at radius 2 is 1.17 bits per heavy atom. The van der Waals surface area contributed by atoms with E-state index in [1.807, 2.05) is 20.8 Å². The van der Waals surface area contributed by atoms with E-state index in [9.17, 15) is 14.4 Å². The van der Waals surface area contributed by atoms with Crippen molar-refractivity contribution in [1.82, 2.24) is 0 Å². The van der Waals surface area contributed by atoms with Gasteiger partial charge in [0, 0.05) is 13.0 Å². The van der Waals surface area contributed by atoms with E-state index < -0.39 is 47.2 Å². The van der Waals surface area contributed by atoms with Crippen molar-refractivity contribution in [3.8, 4) is 0 Å². The summed E-state index contributed by atoms with van der Waals surface area (Å²) in [7, 11) is 0. The van der Waals surface area contributed by atoms with Crippen LogP contribution in [0, 0.1) is 0 Å². The molecule has 0 N–H and O–H groups in total. The van der Waals surface area contributed by atoms with E-state index in [4.69, 9.17) is 52.1 Å². The standard InChI is InChI=1S/C34H58O14/c1-10-40-34(45-23(2)3,22-39-29(36)19-32(8)42-15-12-25(5)47-32)17-27(44-30(37)20-33(9)43-16-13-26(6)48-33)21-38-28(35)18-31(7)41-14-11-24(4)46-31/h23-27H,10-22H2,1-9H3/t24?,25?,26?,27-,31?,32?,33?,34?/m1/s1. The van der Waals surface area contributed by atoms with Gasteiger partial charge in [0.05, 0.1) is 63.5 Å². The zero-order valence-corrected chi connectivity index (χ0v) is 30.3. The maximum atomic E-state index is 13.3. The Morgan fingerprint density at radius 1 is 0.729 bits per heavy atom. The Balaban J connectivity index is 1.76. The van der Waals surface area contributed by atoms with E-state index in [2.05, 4.69) is 0 Å². The molecule has 3 rings (SSSR count). The van der Waals surface area contributed by atoms with Gasteiger partial charge in [0.2, 0.25) is 5.79 Å². The molecule has 3 aliphatic heterocycles. The zero-order valence-electron chi connectivity index (χ0n) is 30.3. The molecule has 0 aromatic rings. The minimum Gasteiger partial charge on any atom is -0.462 e. The van der Waals surface area contributed by atoms with Crippen molar-refractivity contribution in [3.63, 3.8) is 0 Å². The summed E-state index contributed by atoms with van der Waals surface area (Å²) in [5.41, 5.74) is 0. The Morgan fingerprint density at radius 3 is 1.58 bits per heavy atom. The predicted molar refractivity (Wildman–Crippen MR) is 169 cm³/mol. The third kappa shape index (κ3) is 13.4. The molecule has 7 unspecified atom stereocenters. The highest BCUT2D eigenvalue weighted by molar-refractivity contribution is 5.72. The van der Waals surface area contributed by atoms with Crippen molar-refractivity contribution in [2.75, 3.05) is 39.6 Å². The molecule has 48 heavy (non-hydrogen) atoms. The van der Waals surface area contributed by atoms with E-state index >= 15 is 0 Å². The summed E-state index contributed by atoms with van der Waals surface area (Å²) in [4.78, 5) is 39.4. The summed E-state index contributed by atoms with van der Waals surface area (Å²) in [6.45, 7) is 17.0. The molecule has 14 nitrogen and oxygen atoms in total. The second kappa shape index (κ2) is 17.8. The van der Waals surface area contributed by atoms with Gasteiger partial charge in [0.15, 0.2) is 17.4 Å². The molecular weight excluding hydrogens is 632 g/mol. The molecule has 0 amide bonds. The second-order valence-electron chi connectivity index (χ2n) is 13.8. The maximum absolute atomic E-state index is 13.3. The number of carbonyl (C=O) groups excluding carboxylic acids is 3. The van der Waals surface area contributed by atoms with Crippen molar-refractivity contribution >= 4 is 17.9 Å². The number of carbonyl (C=O) groups is 3. The van der Waals surface area contributed by atoms with Gasteiger partial charge >= 0.3 is 17.9 Å². The minimum absolute atomic E-state index is 0.0707. The van der Waals surface area contributed by atoms with E-state index in [1.54, 1.807) is 41.5 Å². The average Bonchev–Trinajstić information content (AvgIpc) is 2.93. The van der Waals surface area contributed by atoms with Gasteiger partial charge in [-0.1, -0.05) is 0 Å². The fourth-order valence-electron chi connectivity index (χ4n) is 6.10. The average molecular weight is 691 g/mol. The lowest BCUT2D eigenvalue weighted by atomic mass is 10.1. The lowest BCUT2D eigenvalue weighted by molar-refractivity contribution is -0.295. The zero-order chi connectivity index (χ0) is 35.6. The monoisotopic (exact) mass is 690 g/mol. The number of rotatable bonds is 17. The predicted octanol–water partition coefficient (Wildman–Crippen LogP) is 4.33. The highest BCUT2D eigenvalue weighted by Crippen LogP contribution is 2.31. The van der Waals surface area contributed by atoms with Crippen LogP contribution >= 0.6 is 0 Å². The molecule has 0 aromatic heterocycles. The van der Waals surface area contributed by atoms with Gasteiger partial charge in [-0.15, -0.1) is 0 Å². The summed E-state index contributed by atoms with van der Waals surface area (Å²) in [6.07, 6.45) is -0.246. The first-order valence-corrected chi connectivity index (χ1v) is 17.2. The van der Waals surface area contributed by atoms with E-state index in [1.165, 1.54) is 0 Å². The first-order valence-electron chi connectivity index (χ1n) is 17.2. The maximum Gasteiger partial charge on any atom is 0.311 e. The SMILES string of the molecule is CCOC(COC(=O)CC1(C)OCCC(C)O1)(C[C@H](COC(=O)CC1(C)OCCC(C)O1)OC(=O)CC1(C)OCCC(C)O1)OC(C)C. The highest BCUT2D eigenvalue weighted by Gasteiger charge is 2.43. The van der Waals surface area contributed by atoms with Gasteiger partial charge in [-0.25, -0.2) is 0 Å². The second-order valence-corrected chi connectivity index (χ2v) is 13.8. The van der Waals surface area contributed by atoms with Gasteiger partial charge < -0.3 is 52.1 Å². The van der Waals surface area contributed by atoms with Crippen LogP contribution in [0.3, 0.4) is 0 Å². The van der Waals surface area contributed by atoms with E-state index in [-0.39, 0.29) is 69.9 Å². The van der Waals surface area contributed by atoms with Crippen molar-refractivity contribution in [1.29, 1.82) is 0 Å². The van der Waals surface area contributed by atoms with Crippen LogP contribution in [0.2, 0.25) is 0 Å². The van der Waals surface area contributed by atoms with Crippen molar-refractivity contribution in [2.24, 2.45) is 0 Å². The molecule has 0 aliphatic carbocycles. The minimum atomic E-state index is -1.56. The summed E-state index contributed by atoms with van der Waals surface area (Å²) in [6, 6.07) is 0. The third-order valence-corrected chi connectivity index (χ3v) is 8.12. The summed E-state index contributed by atoms with van der Waals surface area (Å²) in [5, 5.41) is 0. The Bertz CT molecular complexity index is 1050. The van der Waals surface area contributed by atoms with Crippen LogP contribution in [0.1, 0.15) is 107 Å². The summed E-state index contributed by atoms with van der Waals surface area (Å²) < 4.78 is 64.4. The molecule has 8 atom stereocenters. The molecule has 14 heteroatoms. The fraction of sp³-hybridized carbons (Fsp3) is 0.912. The molecule has 3 aliphatic rings. The lowest BCUT2D eigenvalue weighted by Gasteiger charge is -2.39. The van der Waals surface area contributed by atoms with Crippen LogP contribution in [-0.4, -0.2) is 111 Å². The van der Waals surface area contributed by atoms with Crippen molar-refractivity contribution in [2.45, 2.75) is 161 Å². The molecule has 3 saturated heterocycles. The topological polar surface area (TPSA) is 153 Å². The van der Waals surface area contributed by atoms with Gasteiger partial charge in [-0.05, 0) is 81.6 Å². The Hall–Kier alpha value is -1.91. The van der Waals surface area contributed by atoms with Crippen LogP contribution in [0.25, 0.3) is 0 Å². The van der Waals surface area contributed by atoms with Gasteiger partial charge in [-0.3, -0.25) is 14.4 Å². The molecule has 0 aromatic carbocycles. The Labute approximate surface area is 284 Å². The van der Waals surface area contributed by atoms with Gasteiger partial charge in [-0.2, -0.15) is 0 Å². The lowest BCUT2D eigenvalue weighted by Crippen LogP contribution is -2.49. The molecule has 3 fully saturated rings. The number of ether oxygens (including phenoxy) is 11. The summed E-state index contributed by atoms with van der Waals surface area (Å²) >= 11 is 0. The smallest absolute Gasteiger partial charge is 0.311 e. The van der Waals surface area contributed by atoms with Crippen molar-refractivity contribution < 1.29 is 66.5 Å². The van der Waals surface area contributed by atoms with Crippen molar-refractivity contribution in [3.05, 3.63) is 0 Å². The molecule has 3 heterocycles. The van der Waals surface area contributed by atoms with Crippen LogP contribution < -0.4 is 0 Å². The largest absolute Gasteiger partial charge is 0.462 e. The first kappa shape index (κ1) is 40.5. The highest BCUT2D eigenvalue weighted by atomic mass is 16.7. The molecule has 278 valence electrons. The molecule has 0 spiro atoms. The third-order valence-electron chi connectivity index (χ3n) is 8.12. The molecule has 0 bridgehead atoms. The van der Waals surface area contributed by atoms with Crippen LogP contribution in [-0.2, 0) is 66.5 Å². The number of esters is 3. The normalized spacial score (nSPS) is 33.0. The fourth-order valence-corrected chi connectivity index (χ4v) is 6.10. The number of hydrogen-bond donors (Lipinski definition) is 0. The molecular formula is C34H58O14. The molecule has 0 saturated carbocycles. The van der Waals surface area contributed by atoms with Crippen LogP contribution in [0.15, 0.2) is 0 Å². The molecule has 0 radical (unpaired) electrons. The Kier molecular flexibility index (Phi) is 15.1. The summed E-state index contributed by atoms with van der Waals surface area (Å²) in [5.74, 6) is -6.88. The van der Waals surface area contributed by atoms with E-state index in [0.29, 0.717) is 32.7 Å². The van der Waals surface area contributed by atoms with Gasteiger partial charge in [0.1, 0.15) is 19.3 Å². The number of hydrogen-bond acceptors (Lipinski definition) is 14. The quantitative estimate of drug-likeness (QED) is 0.121. The van der Waals surface area contributed by atoms with Gasteiger partial charge in [0.25, 0.3) is 0 Å². The van der Waals surface area contributed by atoms with E-state index in [0.717, 1.165) is 6.42 Å². The first-order chi connectivity index (χ1) is 22.5.